The lowest BCUT2D eigenvalue weighted by molar-refractivity contribution is -0.112. The predicted octanol–water partition coefficient (Wildman–Crippen LogP) is 12.7. The van der Waals surface area contributed by atoms with Crippen molar-refractivity contribution in [3.8, 4) is 17.0 Å². The van der Waals surface area contributed by atoms with Gasteiger partial charge in [0, 0.05) is 30.1 Å². The Morgan fingerprint density at radius 1 is 0.957 bits per heavy atom. The molecule has 5 heteroatoms. The first-order chi connectivity index (χ1) is 22.6. The standard InChI is InChI=1S/C29H39ClN2O.C11H20O.C2H6/c1-5-8-17-32-21-28(26-16-11-22(4)19-27(26)30)31-29(32)24(10-7-3)20-23-12-14-25(15-13-23)33-18-9-6-2;1-11(2,3)10-6-4-9(8-12)5-7-10;1-2/h11-16,19,21,24H,5-10,17-18,20H2,1-4H3;8-10H,4-7H2,1-3H3;1-2H3. The number of unbranched alkanes of at least 4 members (excludes halogenated alkanes) is 2. The van der Waals surface area contributed by atoms with Crippen LogP contribution in [0.1, 0.15) is 142 Å². The molecule has 0 spiro atoms. The highest BCUT2D eigenvalue weighted by Crippen LogP contribution is 2.39. The Kier molecular flexibility index (Phi) is 18.5. The molecular weight excluding hydrogens is 600 g/mol. The molecule has 262 valence electrons. The number of hydrogen-bond acceptors (Lipinski definition) is 3. The van der Waals surface area contributed by atoms with Crippen molar-refractivity contribution in [3.63, 3.8) is 0 Å². The first-order valence-electron chi connectivity index (χ1n) is 18.6. The summed E-state index contributed by atoms with van der Waals surface area (Å²) >= 11 is 6.60. The first kappa shape index (κ1) is 40.6. The van der Waals surface area contributed by atoms with Crippen LogP contribution in [0.15, 0.2) is 48.7 Å². The predicted molar refractivity (Wildman–Crippen MR) is 203 cm³/mol. The van der Waals surface area contributed by atoms with Crippen LogP contribution in [0.3, 0.4) is 0 Å². The molecule has 1 saturated carbocycles. The fourth-order valence-corrected chi connectivity index (χ4v) is 6.69. The van der Waals surface area contributed by atoms with Crippen LogP contribution in [0.2, 0.25) is 5.02 Å². The van der Waals surface area contributed by atoms with Gasteiger partial charge in [-0.05, 0) is 98.9 Å². The Morgan fingerprint density at radius 3 is 2.17 bits per heavy atom. The van der Waals surface area contributed by atoms with Crippen molar-refractivity contribution in [2.75, 3.05) is 6.61 Å². The van der Waals surface area contributed by atoms with E-state index in [-0.39, 0.29) is 0 Å². The number of ether oxygens (including phenoxy) is 1. The van der Waals surface area contributed by atoms with Crippen molar-refractivity contribution in [2.24, 2.45) is 17.3 Å². The van der Waals surface area contributed by atoms with Crippen LogP contribution in [0.5, 0.6) is 5.75 Å². The minimum absolute atomic E-state index is 0.364. The largest absolute Gasteiger partial charge is 0.494 e. The van der Waals surface area contributed by atoms with Crippen molar-refractivity contribution >= 4 is 17.9 Å². The Morgan fingerprint density at radius 2 is 1.62 bits per heavy atom. The van der Waals surface area contributed by atoms with Crippen LogP contribution in [-0.2, 0) is 17.8 Å². The van der Waals surface area contributed by atoms with Crippen LogP contribution >= 0.6 is 11.6 Å². The summed E-state index contributed by atoms with van der Waals surface area (Å²) in [6.45, 7) is 21.4. The van der Waals surface area contributed by atoms with Crippen LogP contribution in [0, 0.1) is 24.2 Å². The number of aryl methyl sites for hydroxylation is 2. The maximum atomic E-state index is 10.5. The maximum Gasteiger partial charge on any atom is 0.123 e. The van der Waals surface area contributed by atoms with E-state index in [0.717, 1.165) is 105 Å². The second-order valence-corrected chi connectivity index (χ2v) is 14.6. The van der Waals surface area contributed by atoms with Crippen molar-refractivity contribution in [3.05, 3.63) is 70.6 Å². The lowest BCUT2D eigenvalue weighted by atomic mass is 9.70. The van der Waals surface area contributed by atoms with E-state index in [1.807, 2.05) is 19.9 Å². The molecule has 1 unspecified atom stereocenters. The molecule has 1 aromatic heterocycles. The quantitative estimate of drug-likeness (QED) is 0.127. The average molecular weight is 665 g/mol. The van der Waals surface area contributed by atoms with Crippen LogP contribution in [0.25, 0.3) is 11.3 Å². The number of aromatic nitrogens is 2. The molecule has 1 atom stereocenters. The molecule has 2 aromatic carbocycles. The Hall–Kier alpha value is -2.59. The molecule has 0 radical (unpaired) electrons. The minimum atomic E-state index is 0.364. The van der Waals surface area contributed by atoms with E-state index in [1.165, 1.54) is 29.8 Å². The Balaban J connectivity index is 0.000000458. The van der Waals surface area contributed by atoms with E-state index >= 15 is 0 Å². The third-order valence-electron chi connectivity index (χ3n) is 9.32. The highest BCUT2D eigenvalue weighted by atomic mass is 35.5. The topological polar surface area (TPSA) is 44.1 Å². The fourth-order valence-electron chi connectivity index (χ4n) is 6.35. The van der Waals surface area contributed by atoms with Crippen molar-refractivity contribution in [1.29, 1.82) is 0 Å². The number of hydrogen-bond donors (Lipinski definition) is 0. The normalized spacial score (nSPS) is 16.7. The summed E-state index contributed by atoms with van der Waals surface area (Å²) in [6, 6.07) is 14.9. The van der Waals surface area contributed by atoms with E-state index in [1.54, 1.807) is 0 Å². The number of nitrogens with zero attached hydrogens (tertiary/aromatic N) is 2. The van der Waals surface area contributed by atoms with Gasteiger partial charge < -0.3 is 14.1 Å². The van der Waals surface area contributed by atoms with Crippen molar-refractivity contribution in [2.45, 2.75) is 145 Å². The monoisotopic (exact) mass is 664 g/mol. The van der Waals surface area contributed by atoms with Gasteiger partial charge in [-0.2, -0.15) is 0 Å². The molecular formula is C42H65ClN2O2. The number of benzene rings is 2. The van der Waals surface area contributed by atoms with Gasteiger partial charge in [-0.15, -0.1) is 0 Å². The number of carbonyl (C=O) groups is 1. The molecule has 1 aliphatic rings. The summed E-state index contributed by atoms with van der Waals surface area (Å²) in [7, 11) is 0. The molecule has 1 fully saturated rings. The lowest BCUT2D eigenvalue weighted by Crippen LogP contribution is -2.26. The Bertz CT molecular complexity index is 1280. The number of carbonyl (C=O) groups excluding carboxylic acids is 1. The van der Waals surface area contributed by atoms with E-state index in [4.69, 9.17) is 21.3 Å². The average Bonchev–Trinajstić information content (AvgIpc) is 3.49. The first-order valence-corrected chi connectivity index (χ1v) is 19.0. The summed E-state index contributed by atoms with van der Waals surface area (Å²) in [5, 5.41) is 0.771. The molecule has 0 bridgehead atoms. The molecule has 47 heavy (non-hydrogen) atoms. The van der Waals surface area contributed by atoms with E-state index < -0.39 is 0 Å². The smallest absolute Gasteiger partial charge is 0.123 e. The fraction of sp³-hybridized carbons (Fsp3) is 0.619. The van der Waals surface area contributed by atoms with Crippen LogP contribution < -0.4 is 4.74 Å². The molecule has 0 aliphatic heterocycles. The van der Waals surface area contributed by atoms with Gasteiger partial charge in [-0.3, -0.25) is 0 Å². The van der Waals surface area contributed by atoms with Gasteiger partial charge in [0.15, 0.2) is 0 Å². The second-order valence-electron chi connectivity index (χ2n) is 14.2. The molecule has 0 N–H and O–H groups in total. The Labute approximate surface area is 293 Å². The summed E-state index contributed by atoms with van der Waals surface area (Å²) in [6.07, 6.45) is 15.8. The zero-order valence-corrected chi connectivity index (χ0v) is 32.0. The van der Waals surface area contributed by atoms with Gasteiger partial charge >= 0.3 is 0 Å². The highest BCUT2D eigenvalue weighted by Gasteiger charge is 2.29. The van der Waals surface area contributed by atoms with E-state index in [2.05, 4.69) is 95.6 Å². The van der Waals surface area contributed by atoms with Gasteiger partial charge in [-0.25, -0.2) is 4.98 Å². The molecule has 1 aliphatic carbocycles. The SMILES string of the molecule is CC.CC(C)(C)C1CCC(C=O)CC1.CCCCOc1ccc(CC(CCC)c2nc(-c3ccc(C)cc3Cl)cn2CCCC)cc1. The van der Waals surface area contributed by atoms with Crippen molar-refractivity contribution < 1.29 is 9.53 Å². The minimum Gasteiger partial charge on any atom is -0.494 e. The summed E-state index contributed by atoms with van der Waals surface area (Å²) in [5.74, 6) is 3.70. The maximum absolute atomic E-state index is 10.5. The summed E-state index contributed by atoms with van der Waals surface area (Å²) < 4.78 is 8.22. The molecule has 0 amide bonds. The third kappa shape index (κ3) is 13.4. The van der Waals surface area contributed by atoms with E-state index in [9.17, 15) is 4.79 Å². The number of halogens is 1. The number of rotatable bonds is 14. The van der Waals surface area contributed by atoms with Crippen LogP contribution in [-0.4, -0.2) is 22.4 Å². The zero-order chi connectivity index (χ0) is 34.8. The molecule has 4 rings (SSSR count). The van der Waals surface area contributed by atoms with Crippen LogP contribution in [0.4, 0.5) is 0 Å². The summed E-state index contributed by atoms with van der Waals surface area (Å²) in [4.78, 5) is 15.7. The molecule has 4 nitrogen and oxygen atoms in total. The lowest BCUT2D eigenvalue weighted by Gasteiger charge is -2.35. The number of aldehydes is 1. The van der Waals surface area contributed by atoms with E-state index in [0.29, 0.717) is 17.3 Å². The van der Waals surface area contributed by atoms with Gasteiger partial charge in [0.25, 0.3) is 0 Å². The van der Waals surface area contributed by atoms with Gasteiger partial charge in [0.05, 0.1) is 17.3 Å². The van der Waals surface area contributed by atoms with Crippen molar-refractivity contribution in [1.82, 2.24) is 9.55 Å². The summed E-state index contributed by atoms with van der Waals surface area (Å²) in [5.41, 5.74) is 4.93. The third-order valence-corrected chi connectivity index (χ3v) is 9.64. The van der Waals surface area contributed by atoms with Gasteiger partial charge in [0.1, 0.15) is 17.9 Å². The zero-order valence-electron chi connectivity index (χ0n) is 31.2. The molecule has 3 aromatic rings. The second kappa shape index (κ2) is 21.4. The molecule has 0 saturated heterocycles. The van der Waals surface area contributed by atoms with Gasteiger partial charge in [-0.1, -0.05) is 111 Å². The molecule has 1 heterocycles. The van der Waals surface area contributed by atoms with Gasteiger partial charge in [0.2, 0.25) is 0 Å². The number of imidazole rings is 1. The highest BCUT2D eigenvalue weighted by molar-refractivity contribution is 6.33.